The SMILES string of the molecule is O=S(=O)(Nc1ccc(Cl)cc1)c1ccc(NC(=S)NCc2ccc(Cl)cc2)cc1. The molecule has 0 atom stereocenters. The Morgan fingerprint density at radius 1 is 0.793 bits per heavy atom. The fraction of sp³-hybridized carbons (Fsp3) is 0.0500. The van der Waals surface area contributed by atoms with E-state index in [1.165, 1.54) is 12.1 Å². The molecule has 3 N–H and O–H groups in total. The van der Waals surface area contributed by atoms with E-state index in [9.17, 15) is 8.42 Å². The fourth-order valence-electron chi connectivity index (χ4n) is 2.41. The Hall–Kier alpha value is -2.32. The van der Waals surface area contributed by atoms with Crippen molar-refractivity contribution in [1.82, 2.24) is 5.32 Å². The van der Waals surface area contributed by atoms with Gasteiger partial charge in [0.05, 0.1) is 4.90 Å². The number of thiocarbonyl (C=S) groups is 1. The quantitative estimate of drug-likeness (QED) is 0.431. The standard InChI is InChI=1S/C20H17Cl2N3O2S2/c21-15-3-1-14(2-4-15)13-23-20(28)24-17-9-11-19(12-10-17)29(26,27)25-18-7-5-16(22)6-8-18/h1-12,25H,13H2,(H2,23,24,28). The molecule has 3 rings (SSSR count). The van der Waals surface area contributed by atoms with Crippen molar-refractivity contribution in [3.05, 3.63) is 88.4 Å². The predicted octanol–water partition coefficient (Wildman–Crippen LogP) is 5.28. The molecule has 0 fully saturated rings. The molecule has 0 aliphatic carbocycles. The predicted molar refractivity (Wildman–Crippen MR) is 123 cm³/mol. The summed E-state index contributed by atoms with van der Waals surface area (Å²) < 4.78 is 27.5. The molecule has 0 unspecified atom stereocenters. The van der Waals surface area contributed by atoms with Crippen LogP contribution in [0.2, 0.25) is 10.0 Å². The van der Waals surface area contributed by atoms with E-state index in [1.807, 2.05) is 24.3 Å². The molecule has 0 heterocycles. The van der Waals surface area contributed by atoms with Gasteiger partial charge in [-0.2, -0.15) is 0 Å². The number of hydrogen-bond acceptors (Lipinski definition) is 3. The molecule has 0 saturated heterocycles. The van der Waals surface area contributed by atoms with Crippen LogP contribution in [-0.2, 0) is 16.6 Å². The number of nitrogens with one attached hydrogen (secondary N) is 3. The van der Waals surface area contributed by atoms with Gasteiger partial charge >= 0.3 is 0 Å². The molecular weight excluding hydrogens is 449 g/mol. The van der Waals surface area contributed by atoms with Crippen molar-refractivity contribution in [2.75, 3.05) is 10.0 Å². The Balaban J connectivity index is 1.58. The van der Waals surface area contributed by atoms with E-state index in [0.29, 0.717) is 33.1 Å². The molecular formula is C20H17Cl2N3O2S2. The van der Waals surface area contributed by atoms with Crippen LogP contribution in [0.15, 0.2) is 77.7 Å². The molecule has 3 aromatic carbocycles. The van der Waals surface area contributed by atoms with Crippen molar-refractivity contribution in [1.29, 1.82) is 0 Å². The van der Waals surface area contributed by atoms with Gasteiger partial charge in [0.2, 0.25) is 0 Å². The van der Waals surface area contributed by atoms with Gasteiger partial charge < -0.3 is 10.6 Å². The van der Waals surface area contributed by atoms with Crippen LogP contribution in [0.3, 0.4) is 0 Å². The lowest BCUT2D eigenvalue weighted by molar-refractivity contribution is 0.601. The summed E-state index contributed by atoms with van der Waals surface area (Å²) in [6.45, 7) is 0.542. The first-order chi connectivity index (χ1) is 13.8. The van der Waals surface area contributed by atoms with Gasteiger partial charge in [-0.15, -0.1) is 0 Å². The second-order valence-electron chi connectivity index (χ2n) is 6.07. The van der Waals surface area contributed by atoms with Crippen LogP contribution in [0.4, 0.5) is 11.4 Å². The van der Waals surface area contributed by atoms with Crippen LogP contribution in [0.5, 0.6) is 0 Å². The number of halogens is 2. The van der Waals surface area contributed by atoms with Crippen LogP contribution in [0.25, 0.3) is 0 Å². The number of rotatable bonds is 6. The smallest absolute Gasteiger partial charge is 0.261 e. The minimum Gasteiger partial charge on any atom is -0.358 e. The molecule has 3 aromatic rings. The van der Waals surface area contributed by atoms with E-state index < -0.39 is 10.0 Å². The summed E-state index contributed by atoms with van der Waals surface area (Å²) in [6, 6.07) is 20.2. The van der Waals surface area contributed by atoms with E-state index >= 15 is 0 Å². The zero-order valence-corrected chi connectivity index (χ0v) is 18.2. The molecule has 0 aromatic heterocycles. The number of anilines is 2. The third kappa shape index (κ3) is 6.33. The largest absolute Gasteiger partial charge is 0.358 e. The molecule has 5 nitrogen and oxygen atoms in total. The van der Waals surface area contributed by atoms with Crippen LogP contribution in [0.1, 0.15) is 5.56 Å². The number of sulfonamides is 1. The first-order valence-corrected chi connectivity index (χ1v) is 11.1. The third-order valence-electron chi connectivity index (χ3n) is 3.89. The minimum absolute atomic E-state index is 0.137. The molecule has 150 valence electrons. The molecule has 0 amide bonds. The van der Waals surface area contributed by atoms with Crippen LogP contribution >= 0.6 is 35.4 Å². The second-order valence-corrected chi connectivity index (χ2v) is 9.03. The van der Waals surface area contributed by atoms with Crippen molar-refractivity contribution < 1.29 is 8.42 Å². The molecule has 0 aliphatic heterocycles. The normalized spacial score (nSPS) is 11.0. The Kier molecular flexibility index (Phi) is 6.97. The summed E-state index contributed by atoms with van der Waals surface area (Å²) in [4.78, 5) is 0.137. The van der Waals surface area contributed by atoms with Crippen molar-refractivity contribution in [2.45, 2.75) is 11.4 Å². The lowest BCUT2D eigenvalue weighted by Crippen LogP contribution is -2.27. The van der Waals surface area contributed by atoms with Crippen LogP contribution < -0.4 is 15.4 Å². The minimum atomic E-state index is -3.70. The van der Waals surface area contributed by atoms with E-state index in [1.54, 1.807) is 36.4 Å². The summed E-state index contributed by atoms with van der Waals surface area (Å²) in [5.74, 6) is 0. The van der Waals surface area contributed by atoms with Crippen molar-refractivity contribution in [3.8, 4) is 0 Å². The van der Waals surface area contributed by atoms with E-state index in [2.05, 4.69) is 15.4 Å². The number of hydrogen-bond donors (Lipinski definition) is 3. The lowest BCUT2D eigenvalue weighted by Gasteiger charge is -2.12. The summed E-state index contributed by atoms with van der Waals surface area (Å²) in [5.41, 5.74) is 2.14. The van der Waals surface area contributed by atoms with Crippen LogP contribution in [-0.4, -0.2) is 13.5 Å². The average Bonchev–Trinajstić information content (AvgIpc) is 2.70. The molecule has 29 heavy (non-hydrogen) atoms. The Morgan fingerprint density at radius 2 is 1.31 bits per heavy atom. The monoisotopic (exact) mass is 465 g/mol. The first kappa shape index (κ1) is 21.4. The van der Waals surface area contributed by atoms with Crippen LogP contribution in [0, 0.1) is 0 Å². The van der Waals surface area contributed by atoms with Gasteiger partial charge in [0.15, 0.2) is 5.11 Å². The van der Waals surface area contributed by atoms with E-state index in [-0.39, 0.29) is 4.90 Å². The molecule has 0 aliphatic rings. The highest BCUT2D eigenvalue weighted by atomic mass is 35.5. The highest BCUT2D eigenvalue weighted by molar-refractivity contribution is 7.92. The summed E-state index contributed by atoms with van der Waals surface area (Å²) in [6.07, 6.45) is 0. The van der Waals surface area contributed by atoms with Gasteiger partial charge in [0.25, 0.3) is 10.0 Å². The van der Waals surface area contributed by atoms with Gasteiger partial charge in [0, 0.05) is 28.0 Å². The molecule has 0 bridgehead atoms. The van der Waals surface area contributed by atoms with Crippen molar-refractivity contribution in [3.63, 3.8) is 0 Å². The average molecular weight is 466 g/mol. The first-order valence-electron chi connectivity index (χ1n) is 8.49. The van der Waals surface area contributed by atoms with Gasteiger partial charge in [0.1, 0.15) is 0 Å². The summed E-state index contributed by atoms with van der Waals surface area (Å²) in [7, 11) is -3.70. The Bertz CT molecular complexity index is 1090. The summed E-state index contributed by atoms with van der Waals surface area (Å²) in [5, 5.41) is 7.74. The van der Waals surface area contributed by atoms with E-state index in [0.717, 1.165) is 5.56 Å². The van der Waals surface area contributed by atoms with Gasteiger partial charge in [-0.3, -0.25) is 4.72 Å². The Morgan fingerprint density at radius 3 is 1.90 bits per heavy atom. The summed E-state index contributed by atoms with van der Waals surface area (Å²) >= 11 is 17.0. The van der Waals surface area contributed by atoms with Gasteiger partial charge in [-0.25, -0.2) is 8.42 Å². The highest BCUT2D eigenvalue weighted by Gasteiger charge is 2.14. The molecule has 0 radical (unpaired) electrons. The molecule has 9 heteroatoms. The lowest BCUT2D eigenvalue weighted by atomic mass is 10.2. The van der Waals surface area contributed by atoms with Gasteiger partial charge in [-0.1, -0.05) is 35.3 Å². The second kappa shape index (κ2) is 9.45. The zero-order valence-electron chi connectivity index (χ0n) is 15.0. The zero-order chi connectivity index (χ0) is 20.9. The van der Waals surface area contributed by atoms with Gasteiger partial charge in [-0.05, 0) is 78.4 Å². The number of benzene rings is 3. The highest BCUT2D eigenvalue weighted by Crippen LogP contribution is 2.20. The maximum atomic E-state index is 12.5. The molecule has 0 saturated carbocycles. The maximum absolute atomic E-state index is 12.5. The Labute approximate surface area is 185 Å². The third-order valence-corrected chi connectivity index (χ3v) is 6.03. The fourth-order valence-corrected chi connectivity index (χ4v) is 3.91. The maximum Gasteiger partial charge on any atom is 0.261 e. The van der Waals surface area contributed by atoms with Crippen molar-refractivity contribution in [2.24, 2.45) is 0 Å². The topological polar surface area (TPSA) is 70.2 Å². The van der Waals surface area contributed by atoms with Crippen molar-refractivity contribution >= 4 is 61.9 Å². The van der Waals surface area contributed by atoms with E-state index in [4.69, 9.17) is 35.4 Å². The molecule has 0 spiro atoms.